The highest BCUT2D eigenvalue weighted by Crippen LogP contribution is 2.31. The first-order valence-electron chi connectivity index (χ1n) is 6.21. The summed E-state index contributed by atoms with van der Waals surface area (Å²) in [6, 6.07) is 4.86. The van der Waals surface area contributed by atoms with Gasteiger partial charge in [-0.25, -0.2) is 0 Å². The van der Waals surface area contributed by atoms with Crippen LogP contribution in [0.3, 0.4) is 0 Å². The van der Waals surface area contributed by atoms with E-state index in [0.717, 1.165) is 23.1 Å². The summed E-state index contributed by atoms with van der Waals surface area (Å²) in [7, 11) is 0. The molecule has 0 radical (unpaired) electrons. The molecule has 0 heterocycles. The fourth-order valence-electron chi connectivity index (χ4n) is 1.99. The predicted octanol–water partition coefficient (Wildman–Crippen LogP) is 4.30. The maximum atomic E-state index is 12.6. The molecular formula is C14H20F3N. The Hall–Kier alpha value is -1.03. The highest BCUT2D eigenvalue weighted by atomic mass is 19.4. The van der Waals surface area contributed by atoms with Crippen LogP contribution < -0.4 is 5.32 Å². The molecule has 0 aliphatic heterocycles. The number of rotatable bonds is 5. The van der Waals surface area contributed by atoms with Crippen molar-refractivity contribution < 1.29 is 13.2 Å². The third-order valence-electron chi connectivity index (χ3n) is 3.10. The minimum Gasteiger partial charge on any atom is -0.310 e. The summed E-state index contributed by atoms with van der Waals surface area (Å²) in [4.78, 5) is 0. The summed E-state index contributed by atoms with van der Waals surface area (Å²) in [6.45, 7) is 6.33. The van der Waals surface area contributed by atoms with Crippen molar-refractivity contribution in [2.75, 3.05) is 6.54 Å². The van der Waals surface area contributed by atoms with Crippen LogP contribution >= 0.6 is 0 Å². The van der Waals surface area contributed by atoms with Crippen LogP contribution in [-0.2, 0) is 0 Å². The number of aryl methyl sites for hydroxylation is 1. The van der Waals surface area contributed by atoms with E-state index in [1.807, 2.05) is 32.9 Å². The van der Waals surface area contributed by atoms with E-state index in [1.54, 1.807) is 6.07 Å². The van der Waals surface area contributed by atoms with Gasteiger partial charge in [0.2, 0.25) is 0 Å². The summed E-state index contributed by atoms with van der Waals surface area (Å²) < 4.78 is 37.8. The van der Waals surface area contributed by atoms with Crippen molar-refractivity contribution in [2.24, 2.45) is 0 Å². The first-order valence-corrected chi connectivity index (χ1v) is 6.21. The van der Waals surface area contributed by atoms with Gasteiger partial charge in [0.1, 0.15) is 0 Å². The average Bonchev–Trinajstić information content (AvgIpc) is 2.27. The molecular weight excluding hydrogens is 239 g/mol. The standard InChI is InChI=1S/C14H20F3N/c1-4-8-18-13(9-14(15,16)17)12-7-5-6-10(2)11(12)3/h5-7,13,18H,4,8-9H2,1-3H3. The lowest BCUT2D eigenvalue weighted by molar-refractivity contribution is -0.140. The molecule has 1 aromatic rings. The molecule has 1 nitrogen and oxygen atoms in total. The summed E-state index contributed by atoms with van der Waals surface area (Å²) in [5.41, 5.74) is 2.72. The predicted molar refractivity (Wildman–Crippen MR) is 67.6 cm³/mol. The lowest BCUT2D eigenvalue weighted by atomic mass is 9.95. The largest absolute Gasteiger partial charge is 0.390 e. The van der Waals surface area contributed by atoms with Gasteiger partial charge in [0.25, 0.3) is 0 Å². The maximum Gasteiger partial charge on any atom is 0.390 e. The SMILES string of the molecule is CCCNC(CC(F)(F)F)c1cccc(C)c1C. The fraction of sp³-hybridized carbons (Fsp3) is 0.571. The Morgan fingerprint density at radius 1 is 1.22 bits per heavy atom. The Balaban J connectivity index is 2.97. The summed E-state index contributed by atoms with van der Waals surface area (Å²) >= 11 is 0. The minimum atomic E-state index is -4.15. The van der Waals surface area contributed by atoms with Crippen LogP contribution in [0.2, 0.25) is 0 Å². The molecule has 0 amide bonds. The molecule has 4 heteroatoms. The van der Waals surface area contributed by atoms with Crippen molar-refractivity contribution in [3.8, 4) is 0 Å². The topological polar surface area (TPSA) is 12.0 Å². The molecule has 0 saturated carbocycles. The molecule has 0 bridgehead atoms. The van der Waals surface area contributed by atoms with Crippen LogP contribution in [0.5, 0.6) is 0 Å². The molecule has 18 heavy (non-hydrogen) atoms. The van der Waals surface area contributed by atoms with Gasteiger partial charge in [-0.1, -0.05) is 25.1 Å². The second-order valence-electron chi connectivity index (χ2n) is 4.62. The Morgan fingerprint density at radius 3 is 2.44 bits per heavy atom. The zero-order valence-corrected chi connectivity index (χ0v) is 11.1. The van der Waals surface area contributed by atoms with E-state index in [2.05, 4.69) is 5.32 Å². The normalized spacial score (nSPS) is 13.7. The van der Waals surface area contributed by atoms with Crippen molar-refractivity contribution in [3.63, 3.8) is 0 Å². The first kappa shape index (κ1) is 15.0. The number of alkyl halides is 3. The molecule has 1 N–H and O–H groups in total. The second kappa shape index (κ2) is 6.23. The van der Waals surface area contributed by atoms with Gasteiger partial charge in [0.05, 0.1) is 6.42 Å². The number of halogens is 3. The van der Waals surface area contributed by atoms with E-state index in [4.69, 9.17) is 0 Å². The number of benzene rings is 1. The summed E-state index contributed by atoms with van der Waals surface area (Å²) in [6.07, 6.45) is -4.15. The van der Waals surface area contributed by atoms with E-state index >= 15 is 0 Å². The van der Waals surface area contributed by atoms with Crippen molar-refractivity contribution in [2.45, 2.75) is 45.8 Å². The highest BCUT2D eigenvalue weighted by Gasteiger charge is 2.32. The van der Waals surface area contributed by atoms with E-state index < -0.39 is 18.6 Å². The minimum absolute atomic E-state index is 0.591. The van der Waals surface area contributed by atoms with Crippen LogP contribution in [0.25, 0.3) is 0 Å². The average molecular weight is 259 g/mol. The molecule has 0 saturated heterocycles. The van der Waals surface area contributed by atoms with E-state index in [-0.39, 0.29) is 0 Å². The van der Waals surface area contributed by atoms with Crippen molar-refractivity contribution in [1.82, 2.24) is 5.32 Å². The number of nitrogens with one attached hydrogen (secondary N) is 1. The van der Waals surface area contributed by atoms with Gasteiger partial charge in [-0.05, 0) is 43.5 Å². The van der Waals surface area contributed by atoms with Gasteiger partial charge < -0.3 is 5.32 Å². The molecule has 1 unspecified atom stereocenters. The Bertz CT molecular complexity index is 385. The second-order valence-corrected chi connectivity index (χ2v) is 4.62. The Kier molecular flexibility index (Phi) is 5.20. The van der Waals surface area contributed by atoms with E-state index in [9.17, 15) is 13.2 Å². The molecule has 0 spiro atoms. The van der Waals surface area contributed by atoms with E-state index in [1.165, 1.54) is 0 Å². The molecule has 0 fully saturated rings. The third kappa shape index (κ3) is 4.33. The zero-order valence-electron chi connectivity index (χ0n) is 11.1. The fourth-order valence-corrected chi connectivity index (χ4v) is 1.99. The highest BCUT2D eigenvalue weighted by molar-refractivity contribution is 5.35. The Labute approximate surface area is 106 Å². The summed E-state index contributed by atoms with van der Waals surface area (Å²) in [5.74, 6) is 0. The van der Waals surface area contributed by atoms with Gasteiger partial charge in [0.15, 0.2) is 0 Å². The quantitative estimate of drug-likeness (QED) is 0.831. The van der Waals surface area contributed by atoms with Gasteiger partial charge in [-0.15, -0.1) is 0 Å². The van der Waals surface area contributed by atoms with E-state index in [0.29, 0.717) is 6.54 Å². The van der Waals surface area contributed by atoms with Crippen LogP contribution in [0.15, 0.2) is 18.2 Å². The molecule has 1 atom stereocenters. The molecule has 0 aromatic heterocycles. The maximum absolute atomic E-state index is 12.6. The molecule has 1 aromatic carbocycles. The van der Waals surface area contributed by atoms with Gasteiger partial charge in [-0.3, -0.25) is 0 Å². The van der Waals surface area contributed by atoms with Crippen LogP contribution in [0.4, 0.5) is 13.2 Å². The van der Waals surface area contributed by atoms with Crippen LogP contribution in [0.1, 0.15) is 42.5 Å². The molecule has 1 rings (SSSR count). The summed E-state index contributed by atoms with van der Waals surface area (Å²) in [5, 5.41) is 2.99. The smallest absolute Gasteiger partial charge is 0.310 e. The third-order valence-corrected chi connectivity index (χ3v) is 3.10. The van der Waals surface area contributed by atoms with Crippen LogP contribution in [0, 0.1) is 13.8 Å². The van der Waals surface area contributed by atoms with Gasteiger partial charge in [0, 0.05) is 6.04 Å². The number of hydrogen-bond acceptors (Lipinski definition) is 1. The van der Waals surface area contributed by atoms with Crippen LogP contribution in [-0.4, -0.2) is 12.7 Å². The van der Waals surface area contributed by atoms with Gasteiger partial charge >= 0.3 is 6.18 Å². The van der Waals surface area contributed by atoms with Gasteiger partial charge in [-0.2, -0.15) is 13.2 Å². The number of hydrogen-bond donors (Lipinski definition) is 1. The lowest BCUT2D eigenvalue weighted by Gasteiger charge is -2.23. The molecule has 0 aliphatic carbocycles. The lowest BCUT2D eigenvalue weighted by Crippen LogP contribution is -2.28. The zero-order chi connectivity index (χ0) is 13.8. The van der Waals surface area contributed by atoms with Crippen molar-refractivity contribution in [3.05, 3.63) is 34.9 Å². The first-order chi connectivity index (χ1) is 8.35. The molecule has 102 valence electrons. The van der Waals surface area contributed by atoms with Crippen molar-refractivity contribution in [1.29, 1.82) is 0 Å². The Morgan fingerprint density at radius 2 is 1.89 bits per heavy atom. The monoisotopic (exact) mass is 259 g/mol. The van der Waals surface area contributed by atoms with Crippen molar-refractivity contribution >= 4 is 0 Å². The molecule has 0 aliphatic rings.